The SMILES string of the molecule is CCCOC(=O)NC(C)COCC.CCCOC(=O)NC(C)COCC.CCCOC(=O)NC(C)COCC.[H+]. The highest BCUT2D eigenvalue weighted by atomic mass is 16.6. The molecule has 0 aromatic rings. The van der Waals surface area contributed by atoms with E-state index in [4.69, 9.17) is 28.4 Å². The Morgan fingerprint density at radius 1 is 0.513 bits per heavy atom. The van der Waals surface area contributed by atoms with Crippen LogP contribution in [-0.4, -0.2) is 95.9 Å². The molecule has 3 atom stereocenters. The summed E-state index contributed by atoms with van der Waals surface area (Å²) in [5.74, 6) is 0. The Bertz CT molecular complexity index is 499. The Morgan fingerprint density at radius 3 is 0.923 bits per heavy atom. The van der Waals surface area contributed by atoms with E-state index in [0.29, 0.717) is 59.5 Å². The molecule has 0 saturated carbocycles. The lowest BCUT2D eigenvalue weighted by Gasteiger charge is -2.13. The fourth-order valence-electron chi connectivity index (χ4n) is 2.32. The maximum atomic E-state index is 11.0. The monoisotopic (exact) mass is 568 g/mol. The number of hydrogen-bond acceptors (Lipinski definition) is 9. The van der Waals surface area contributed by atoms with Crippen molar-refractivity contribution in [1.29, 1.82) is 0 Å². The van der Waals surface area contributed by atoms with Gasteiger partial charge in [-0.1, -0.05) is 20.8 Å². The average molecular weight is 569 g/mol. The number of ether oxygens (including phenoxy) is 6. The molecule has 12 heteroatoms. The van der Waals surface area contributed by atoms with Crippen molar-refractivity contribution in [2.24, 2.45) is 0 Å². The van der Waals surface area contributed by atoms with Gasteiger partial charge in [0.05, 0.1) is 57.8 Å². The van der Waals surface area contributed by atoms with E-state index in [1.165, 1.54) is 0 Å². The largest absolute Gasteiger partial charge is 1.00 e. The van der Waals surface area contributed by atoms with Crippen LogP contribution in [0.4, 0.5) is 14.4 Å². The molecule has 0 aliphatic carbocycles. The minimum atomic E-state index is -0.367. The second-order valence-corrected chi connectivity index (χ2v) is 8.52. The highest BCUT2D eigenvalue weighted by molar-refractivity contribution is 5.68. The second-order valence-electron chi connectivity index (χ2n) is 8.52. The second kappa shape index (κ2) is 31.9. The van der Waals surface area contributed by atoms with Crippen molar-refractivity contribution < 1.29 is 44.2 Å². The summed E-state index contributed by atoms with van der Waals surface area (Å²) in [4.78, 5) is 33.0. The van der Waals surface area contributed by atoms with E-state index in [1.807, 2.05) is 62.3 Å². The fraction of sp³-hybridized carbons (Fsp3) is 0.889. The molecule has 3 amide bonds. The molecule has 234 valence electrons. The first kappa shape index (κ1) is 41.2. The zero-order chi connectivity index (χ0) is 30.3. The van der Waals surface area contributed by atoms with E-state index >= 15 is 0 Å². The smallest absolute Gasteiger partial charge is 0.450 e. The Labute approximate surface area is 238 Å². The minimum Gasteiger partial charge on any atom is -0.450 e. The van der Waals surface area contributed by atoms with Gasteiger partial charge in [-0.2, -0.15) is 0 Å². The van der Waals surface area contributed by atoms with Crippen molar-refractivity contribution in [3.8, 4) is 0 Å². The molecule has 0 aromatic carbocycles. The number of hydrogen-bond donors (Lipinski definition) is 3. The molecular formula is C27H58N3O9+. The molecule has 0 saturated heterocycles. The first-order chi connectivity index (χ1) is 18.6. The standard InChI is InChI=1S/3C9H19NO3/c3*1-4-6-13-9(11)10-8(3)7-12-5-2/h3*8H,4-7H2,1-3H3,(H,10,11)/p+1. The number of rotatable bonds is 18. The molecular weight excluding hydrogens is 510 g/mol. The van der Waals surface area contributed by atoms with Crippen molar-refractivity contribution in [1.82, 2.24) is 16.0 Å². The summed E-state index contributed by atoms with van der Waals surface area (Å²) in [6.45, 7) is 22.2. The van der Waals surface area contributed by atoms with Crippen LogP contribution in [0.25, 0.3) is 0 Å². The van der Waals surface area contributed by atoms with Crippen molar-refractivity contribution in [3.63, 3.8) is 0 Å². The zero-order valence-electron chi connectivity index (χ0n) is 26.9. The summed E-state index contributed by atoms with van der Waals surface area (Å²) >= 11 is 0. The third-order valence-corrected chi connectivity index (χ3v) is 4.12. The van der Waals surface area contributed by atoms with Gasteiger partial charge >= 0.3 is 19.7 Å². The molecule has 0 aliphatic rings. The summed E-state index contributed by atoms with van der Waals surface area (Å²) in [6, 6.07) is 0.0120. The van der Waals surface area contributed by atoms with Gasteiger partial charge in [0.15, 0.2) is 0 Å². The first-order valence-corrected chi connectivity index (χ1v) is 14.1. The summed E-state index contributed by atoms with van der Waals surface area (Å²) in [5, 5.41) is 7.99. The molecule has 0 radical (unpaired) electrons. The van der Waals surface area contributed by atoms with Crippen LogP contribution >= 0.6 is 0 Å². The van der Waals surface area contributed by atoms with Crippen LogP contribution in [0.15, 0.2) is 0 Å². The van der Waals surface area contributed by atoms with Crippen molar-refractivity contribution in [2.45, 2.75) is 99.7 Å². The molecule has 0 rings (SSSR count). The predicted octanol–water partition coefficient (Wildman–Crippen LogP) is 4.76. The van der Waals surface area contributed by atoms with Crippen LogP contribution in [0.2, 0.25) is 0 Å². The fourth-order valence-corrected chi connectivity index (χ4v) is 2.32. The van der Waals surface area contributed by atoms with Gasteiger partial charge in [0, 0.05) is 19.8 Å². The molecule has 0 aliphatic heterocycles. The topological polar surface area (TPSA) is 143 Å². The van der Waals surface area contributed by atoms with E-state index in [9.17, 15) is 14.4 Å². The van der Waals surface area contributed by atoms with Crippen molar-refractivity contribution in [2.75, 3.05) is 59.5 Å². The van der Waals surface area contributed by atoms with Gasteiger partial charge in [-0.3, -0.25) is 0 Å². The van der Waals surface area contributed by atoms with Crippen LogP contribution in [0.3, 0.4) is 0 Å². The third-order valence-electron chi connectivity index (χ3n) is 4.12. The van der Waals surface area contributed by atoms with E-state index in [-0.39, 0.29) is 37.8 Å². The number of nitrogens with one attached hydrogen (secondary N) is 3. The molecule has 0 bridgehead atoms. The molecule has 0 fully saturated rings. The molecule has 0 spiro atoms. The molecule has 3 N–H and O–H groups in total. The van der Waals surface area contributed by atoms with Crippen LogP contribution < -0.4 is 16.0 Å². The van der Waals surface area contributed by atoms with Crippen LogP contribution in [0.5, 0.6) is 0 Å². The highest BCUT2D eigenvalue weighted by Gasteiger charge is 2.08. The maximum Gasteiger partial charge on any atom is 1.00 e. The Kier molecular flexibility index (Phi) is 33.7. The number of alkyl carbamates (subject to hydrolysis) is 3. The van der Waals surface area contributed by atoms with Gasteiger partial charge in [-0.05, 0) is 60.8 Å². The Hall–Kier alpha value is -2.31. The average Bonchev–Trinajstić information content (AvgIpc) is 2.91. The molecule has 3 unspecified atom stereocenters. The number of amides is 3. The molecule has 0 aromatic heterocycles. The van der Waals surface area contributed by atoms with Gasteiger partial charge in [0.25, 0.3) is 0 Å². The Morgan fingerprint density at radius 2 is 0.744 bits per heavy atom. The van der Waals surface area contributed by atoms with Crippen LogP contribution in [0.1, 0.15) is 83.0 Å². The summed E-state index contributed by atoms with van der Waals surface area (Å²) in [7, 11) is 0. The van der Waals surface area contributed by atoms with Gasteiger partial charge in [0.2, 0.25) is 0 Å². The molecule has 0 heterocycles. The first-order valence-electron chi connectivity index (χ1n) is 14.1. The highest BCUT2D eigenvalue weighted by Crippen LogP contribution is 1.90. The van der Waals surface area contributed by atoms with Crippen LogP contribution in [-0.2, 0) is 28.4 Å². The van der Waals surface area contributed by atoms with E-state index in [0.717, 1.165) is 19.3 Å². The minimum absolute atomic E-state index is 0. The van der Waals surface area contributed by atoms with Gasteiger partial charge in [0.1, 0.15) is 0 Å². The summed E-state index contributed by atoms with van der Waals surface area (Å²) < 4.78 is 29.9. The van der Waals surface area contributed by atoms with Gasteiger partial charge in [-0.25, -0.2) is 14.4 Å². The summed E-state index contributed by atoms with van der Waals surface area (Å²) in [6.07, 6.45) is 1.42. The lowest BCUT2D eigenvalue weighted by atomic mass is 10.4. The Balaban J connectivity index is -0.000000240. The van der Waals surface area contributed by atoms with E-state index < -0.39 is 0 Å². The van der Waals surface area contributed by atoms with Gasteiger partial charge in [-0.15, -0.1) is 0 Å². The third kappa shape index (κ3) is 35.7. The molecule has 39 heavy (non-hydrogen) atoms. The predicted molar refractivity (Wildman–Crippen MR) is 153 cm³/mol. The molecule has 12 nitrogen and oxygen atoms in total. The van der Waals surface area contributed by atoms with Crippen molar-refractivity contribution in [3.05, 3.63) is 0 Å². The van der Waals surface area contributed by atoms with Crippen molar-refractivity contribution >= 4 is 18.3 Å². The lowest BCUT2D eigenvalue weighted by Crippen LogP contribution is -2.36. The van der Waals surface area contributed by atoms with E-state index in [2.05, 4.69) is 16.0 Å². The van der Waals surface area contributed by atoms with Gasteiger partial charge < -0.3 is 44.4 Å². The quantitative estimate of drug-likeness (QED) is 0.200. The van der Waals surface area contributed by atoms with Crippen LogP contribution in [0, 0.1) is 0 Å². The maximum absolute atomic E-state index is 11.0. The number of carbonyl (C=O) groups excluding carboxylic acids is 3. The normalized spacial score (nSPS) is 12.2. The lowest BCUT2D eigenvalue weighted by molar-refractivity contribution is 0.111. The van der Waals surface area contributed by atoms with E-state index in [1.54, 1.807) is 0 Å². The number of carbonyl (C=O) groups is 3. The summed E-state index contributed by atoms with van der Waals surface area (Å²) in [5.41, 5.74) is 0. The zero-order valence-corrected chi connectivity index (χ0v) is 25.9.